The monoisotopic (exact) mass is 236 g/mol. The molecule has 1 aromatic carbocycles. The van der Waals surface area contributed by atoms with E-state index in [0.29, 0.717) is 5.56 Å². The molecule has 14 heavy (non-hydrogen) atoms. The van der Waals surface area contributed by atoms with Gasteiger partial charge in [0, 0.05) is 5.88 Å². The topological polar surface area (TPSA) is 34.1 Å². The highest BCUT2D eigenvalue weighted by Gasteiger charge is 2.16. The highest BCUT2D eigenvalue weighted by molar-refractivity contribution is 7.91. The molecule has 0 aliphatic heterocycles. The molecule has 0 saturated heterocycles. The number of rotatable bonds is 3. The highest BCUT2D eigenvalue weighted by atomic mass is 35.5. The molecule has 0 radical (unpaired) electrons. The molecule has 0 N–H and O–H groups in total. The third kappa shape index (κ3) is 2.45. The largest absolute Gasteiger partial charge is 0.224 e. The van der Waals surface area contributed by atoms with Gasteiger partial charge in [0.25, 0.3) is 0 Å². The summed E-state index contributed by atoms with van der Waals surface area (Å²) < 4.78 is 35.8. The first-order valence-corrected chi connectivity index (χ1v) is 6.21. The lowest BCUT2D eigenvalue weighted by molar-refractivity contribution is 0.595. The average molecular weight is 237 g/mol. The molecule has 0 aliphatic carbocycles. The van der Waals surface area contributed by atoms with Gasteiger partial charge in [0.2, 0.25) is 0 Å². The Morgan fingerprint density at radius 3 is 2.57 bits per heavy atom. The third-order valence-electron chi connectivity index (χ3n) is 1.82. The van der Waals surface area contributed by atoms with Crippen LogP contribution >= 0.6 is 11.6 Å². The van der Waals surface area contributed by atoms with Crippen molar-refractivity contribution < 1.29 is 12.8 Å². The fourth-order valence-corrected chi connectivity index (χ4v) is 3.03. The van der Waals surface area contributed by atoms with Crippen LogP contribution in [0.15, 0.2) is 23.1 Å². The zero-order valence-electron chi connectivity index (χ0n) is 7.63. The minimum atomic E-state index is -3.36. The molecule has 2 nitrogen and oxygen atoms in total. The first-order valence-electron chi connectivity index (χ1n) is 4.02. The fraction of sp³-hybridized carbons (Fsp3) is 0.333. The van der Waals surface area contributed by atoms with Crippen LogP contribution in [0, 0.1) is 12.7 Å². The quantitative estimate of drug-likeness (QED) is 0.595. The molecule has 0 amide bonds. The Kier molecular flexibility index (Phi) is 3.50. The summed E-state index contributed by atoms with van der Waals surface area (Å²) in [5.41, 5.74) is 0.412. The van der Waals surface area contributed by atoms with Crippen LogP contribution in [0.25, 0.3) is 0 Å². The van der Waals surface area contributed by atoms with Gasteiger partial charge in [0.05, 0.1) is 10.6 Å². The molecule has 0 aromatic heterocycles. The van der Waals surface area contributed by atoms with Crippen LogP contribution in [-0.4, -0.2) is 20.1 Å². The second kappa shape index (κ2) is 4.28. The molecule has 0 bridgehead atoms. The van der Waals surface area contributed by atoms with Gasteiger partial charge in [-0.2, -0.15) is 0 Å². The van der Waals surface area contributed by atoms with E-state index in [1.54, 1.807) is 6.92 Å². The molecule has 0 spiro atoms. The standard InChI is InChI=1S/C9H10ClFO2S/c1-7-6-8(11)2-3-9(7)14(12,13)5-4-10/h2-3,6H,4-5H2,1H3. The van der Waals surface area contributed by atoms with Crippen LogP contribution < -0.4 is 0 Å². The number of hydrogen-bond donors (Lipinski definition) is 0. The summed E-state index contributed by atoms with van der Waals surface area (Å²) in [5, 5.41) is 0. The minimum Gasteiger partial charge on any atom is -0.224 e. The highest BCUT2D eigenvalue weighted by Crippen LogP contribution is 2.17. The molecule has 0 fully saturated rings. The maximum Gasteiger partial charge on any atom is 0.179 e. The second-order valence-corrected chi connectivity index (χ2v) is 5.37. The molecule has 1 rings (SSSR count). The van der Waals surface area contributed by atoms with E-state index in [1.165, 1.54) is 12.1 Å². The summed E-state index contributed by atoms with van der Waals surface area (Å²) in [7, 11) is -3.36. The summed E-state index contributed by atoms with van der Waals surface area (Å²) in [6.07, 6.45) is 0. The number of sulfone groups is 1. The van der Waals surface area contributed by atoms with E-state index in [1.807, 2.05) is 0 Å². The van der Waals surface area contributed by atoms with Gasteiger partial charge in [-0.15, -0.1) is 11.6 Å². The Balaban J connectivity index is 3.20. The number of benzene rings is 1. The SMILES string of the molecule is Cc1cc(F)ccc1S(=O)(=O)CCCl. The van der Waals surface area contributed by atoms with Crippen LogP contribution in [0.3, 0.4) is 0 Å². The van der Waals surface area contributed by atoms with Gasteiger partial charge < -0.3 is 0 Å². The lowest BCUT2D eigenvalue weighted by Gasteiger charge is -2.05. The summed E-state index contributed by atoms with van der Waals surface area (Å²) in [4.78, 5) is 0.152. The average Bonchev–Trinajstić information content (AvgIpc) is 2.02. The van der Waals surface area contributed by atoms with Crippen molar-refractivity contribution in [2.45, 2.75) is 11.8 Å². The normalized spacial score (nSPS) is 11.6. The van der Waals surface area contributed by atoms with Gasteiger partial charge in [-0.3, -0.25) is 0 Å². The van der Waals surface area contributed by atoms with Gasteiger partial charge in [-0.25, -0.2) is 12.8 Å². The van der Waals surface area contributed by atoms with Crippen LogP contribution in [0.5, 0.6) is 0 Å². The third-order valence-corrected chi connectivity index (χ3v) is 4.10. The summed E-state index contributed by atoms with van der Waals surface area (Å²) in [6, 6.07) is 3.60. The van der Waals surface area contributed by atoms with Gasteiger partial charge in [0.1, 0.15) is 5.82 Å². The van der Waals surface area contributed by atoms with Crippen molar-refractivity contribution in [3.63, 3.8) is 0 Å². The van der Waals surface area contributed by atoms with Crippen LogP contribution in [0.4, 0.5) is 4.39 Å². The number of halogens is 2. The van der Waals surface area contributed by atoms with E-state index in [0.717, 1.165) is 6.07 Å². The molecule has 0 saturated carbocycles. The molecule has 0 atom stereocenters. The molecule has 0 aliphatic rings. The number of hydrogen-bond acceptors (Lipinski definition) is 2. The Labute approximate surface area is 87.6 Å². The van der Waals surface area contributed by atoms with Gasteiger partial charge in [0.15, 0.2) is 9.84 Å². The minimum absolute atomic E-state index is 0.0408. The van der Waals surface area contributed by atoms with E-state index < -0.39 is 15.7 Å². The molecular weight excluding hydrogens is 227 g/mol. The Morgan fingerprint density at radius 2 is 2.07 bits per heavy atom. The lowest BCUT2D eigenvalue weighted by atomic mass is 10.2. The molecule has 5 heteroatoms. The van der Waals surface area contributed by atoms with Crippen molar-refractivity contribution in [2.75, 3.05) is 11.6 Å². The van der Waals surface area contributed by atoms with E-state index >= 15 is 0 Å². The number of alkyl halides is 1. The number of aryl methyl sites for hydroxylation is 1. The maximum atomic E-state index is 12.7. The maximum absolute atomic E-state index is 12.7. The smallest absolute Gasteiger partial charge is 0.179 e. The molecule has 78 valence electrons. The second-order valence-electron chi connectivity index (χ2n) is 2.92. The van der Waals surface area contributed by atoms with Crippen LogP contribution in [-0.2, 0) is 9.84 Å². The van der Waals surface area contributed by atoms with Gasteiger partial charge in [-0.05, 0) is 30.7 Å². The van der Waals surface area contributed by atoms with E-state index in [-0.39, 0.29) is 16.5 Å². The van der Waals surface area contributed by atoms with Crippen LogP contribution in [0.2, 0.25) is 0 Å². The molecule has 1 aromatic rings. The first kappa shape index (κ1) is 11.5. The van der Waals surface area contributed by atoms with Crippen LogP contribution in [0.1, 0.15) is 5.56 Å². The van der Waals surface area contributed by atoms with Crippen molar-refractivity contribution in [2.24, 2.45) is 0 Å². The van der Waals surface area contributed by atoms with Crippen molar-refractivity contribution >= 4 is 21.4 Å². The predicted molar refractivity (Wildman–Crippen MR) is 53.9 cm³/mol. The molecule has 0 heterocycles. The predicted octanol–water partition coefficient (Wildman–Crippen LogP) is 2.15. The van der Waals surface area contributed by atoms with Crippen molar-refractivity contribution in [3.05, 3.63) is 29.6 Å². The van der Waals surface area contributed by atoms with E-state index in [2.05, 4.69) is 0 Å². The van der Waals surface area contributed by atoms with Crippen molar-refractivity contribution in [1.29, 1.82) is 0 Å². The first-order chi connectivity index (χ1) is 6.47. The van der Waals surface area contributed by atoms with E-state index in [4.69, 9.17) is 11.6 Å². The zero-order chi connectivity index (χ0) is 10.8. The van der Waals surface area contributed by atoms with Crippen molar-refractivity contribution in [1.82, 2.24) is 0 Å². The molecule has 0 unspecified atom stereocenters. The zero-order valence-corrected chi connectivity index (χ0v) is 9.20. The Hall–Kier alpha value is -0.610. The summed E-state index contributed by atoms with van der Waals surface area (Å²) >= 11 is 5.37. The molecular formula is C9H10ClFO2S. The van der Waals surface area contributed by atoms with Gasteiger partial charge >= 0.3 is 0 Å². The lowest BCUT2D eigenvalue weighted by Crippen LogP contribution is -2.09. The fourth-order valence-electron chi connectivity index (χ4n) is 1.17. The Morgan fingerprint density at radius 1 is 1.43 bits per heavy atom. The Bertz CT molecular complexity index is 428. The van der Waals surface area contributed by atoms with E-state index in [9.17, 15) is 12.8 Å². The summed E-state index contributed by atoms with van der Waals surface area (Å²) in [5.74, 6) is -0.521. The summed E-state index contributed by atoms with van der Waals surface area (Å²) in [6.45, 7) is 1.56. The van der Waals surface area contributed by atoms with Gasteiger partial charge in [-0.1, -0.05) is 0 Å². The van der Waals surface area contributed by atoms with Crippen molar-refractivity contribution in [3.8, 4) is 0 Å².